The number of amides is 1. The Morgan fingerprint density at radius 3 is 2.48 bits per heavy atom. The lowest BCUT2D eigenvalue weighted by molar-refractivity contribution is -0.137. The second-order valence-electron chi connectivity index (χ2n) is 7.81. The van der Waals surface area contributed by atoms with Crippen molar-refractivity contribution in [2.75, 3.05) is 44.2 Å². The highest BCUT2D eigenvalue weighted by Crippen LogP contribution is 2.26. The highest BCUT2D eigenvalue weighted by Gasteiger charge is 2.36. The van der Waals surface area contributed by atoms with Crippen molar-refractivity contribution in [3.05, 3.63) is 54.2 Å². The van der Waals surface area contributed by atoms with Crippen LogP contribution in [0.3, 0.4) is 0 Å². The van der Waals surface area contributed by atoms with Crippen LogP contribution in [0.2, 0.25) is 0 Å². The van der Waals surface area contributed by atoms with E-state index in [4.69, 9.17) is 0 Å². The number of hydrogen-bond donors (Lipinski definition) is 0. The number of sulfonamides is 1. The summed E-state index contributed by atoms with van der Waals surface area (Å²) in [6.07, 6.45) is 3.03. The number of benzene rings is 1. The third-order valence-corrected chi connectivity index (χ3v) is 7.79. The Kier molecular flexibility index (Phi) is 6.20. The highest BCUT2D eigenvalue weighted by molar-refractivity contribution is 7.89. The molecule has 4 rings (SSSR count). The molecule has 1 unspecified atom stereocenters. The van der Waals surface area contributed by atoms with Crippen LogP contribution in [-0.2, 0) is 14.8 Å². The fourth-order valence-corrected chi connectivity index (χ4v) is 5.78. The summed E-state index contributed by atoms with van der Waals surface area (Å²) < 4.78 is 27.3. The molecule has 0 spiro atoms. The van der Waals surface area contributed by atoms with Gasteiger partial charge in [0.2, 0.25) is 15.9 Å². The summed E-state index contributed by atoms with van der Waals surface area (Å²) in [6, 6.07) is 14.0. The minimum absolute atomic E-state index is 0.00846. The number of piperidine rings is 1. The molecule has 2 aliphatic rings. The van der Waals surface area contributed by atoms with E-state index in [-0.39, 0.29) is 23.3 Å². The van der Waals surface area contributed by atoms with Gasteiger partial charge in [0.05, 0.1) is 16.4 Å². The average molecular weight is 440 g/mol. The first-order chi connectivity index (χ1) is 15.0. The topological polar surface area (TPSA) is 97.6 Å². The molecule has 0 aliphatic carbocycles. The normalized spacial score (nSPS) is 20.3. The molecule has 0 N–H and O–H groups in total. The van der Waals surface area contributed by atoms with E-state index in [9.17, 15) is 18.5 Å². The number of nitriles is 1. The van der Waals surface area contributed by atoms with Crippen molar-refractivity contribution in [2.24, 2.45) is 5.92 Å². The number of anilines is 1. The number of aromatic nitrogens is 1. The van der Waals surface area contributed by atoms with E-state index in [2.05, 4.69) is 11.1 Å². The van der Waals surface area contributed by atoms with E-state index in [1.165, 1.54) is 4.31 Å². The third kappa shape index (κ3) is 4.40. The van der Waals surface area contributed by atoms with Crippen LogP contribution >= 0.6 is 0 Å². The zero-order valence-corrected chi connectivity index (χ0v) is 18.0. The van der Waals surface area contributed by atoms with Crippen LogP contribution in [0.5, 0.6) is 0 Å². The Hall–Kier alpha value is -2.96. The quantitative estimate of drug-likeness (QED) is 0.719. The lowest BCUT2D eigenvalue weighted by atomic mass is 9.97. The number of carbonyl (C=O) groups excluding carboxylic acids is 1. The molecule has 31 heavy (non-hydrogen) atoms. The van der Waals surface area contributed by atoms with Gasteiger partial charge in [-0.05, 0) is 37.1 Å². The molecule has 2 aromatic rings. The molecular formula is C22H25N5O3S. The van der Waals surface area contributed by atoms with E-state index >= 15 is 0 Å². The van der Waals surface area contributed by atoms with Gasteiger partial charge in [0.25, 0.3) is 0 Å². The van der Waals surface area contributed by atoms with Gasteiger partial charge >= 0.3 is 0 Å². The van der Waals surface area contributed by atoms with Crippen molar-refractivity contribution in [1.82, 2.24) is 14.2 Å². The van der Waals surface area contributed by atoms with Crippen molar-refractivity contribution < 1.29 is 13.2 Å². The number of nitrogens with zero attached hydrogens (tertiary/aromatic N) is 5. The molecule has 0 saturated carbocycles. The zero-order valence-electron chi connectivity index (χ0n) is 17.2. The molecular weight excluding hydrogens is 414 g/mol. The van der Waals surface area contributed by atoms with Gasteiger partial charge in [-0.15, -0.1) is 0 Å². The molecule has 2 aliphatic heterocycles. The number of pyridine rings is 1. The van der Waals surface area contributed by atoms with Gasteiger partial charge in [-0.2, -0.15) is 9.57 Å². The van der Waals surface area contributed by atoms with Gasteiger partial charge in [0.1, 0.15) is 11.9 Å². The lowest BCUT2D eigenvalue weighted by Gasteiger charge is -2.39. The maximum atomic E-state index is 13.1. The fourth-order valence-electron chi connectivity index (χ4n) is 4.24. The van der Waals surface area contributed by atoms with E-state index in [1.54, 1.807) is 48.7 Å². The first-order valence-electron chi connectivity index (χ1n) is 10.4. The predicted molar refractivity (Wildman–Crippen MR) is 116 cm³/mol. The van der Waals surface area contributed by atoms with Gasteiger partial charge in [-0.25, -0.2) is 13.4 Å². The van der Waals surface area contributed by atoms with Crippen LogP contribution in [0.15, 0.2) is 53.6 Å². The molecule has 2 fully saturated rings. The van der Waals surface area contributed by atoms with Gasteiger partial charge in [0, 0.05) is 45.5 Å². The summed E-state index contributed by atoms with van der Waals surface area (Å²) in [4.78, 5) is 21.6. The second kappa shape index (κ2) is 9.04. The Labute approximate surface area is 182 Å². The summed E-state index contributed by atoms with van der Waals surface area (Å²) in [5, 5.41) is 9.30. The highest BCUT2D eigenvalue weighted by atomic mass is 32.2. The lowest BCUT2D eigenvalue weighted by Crippen LogP contribution is -2.53. The van der Waals surface area contributed by atoms with Crippen molar-refractivity contribution in [1.29, 1.82) is 5.26 Å². The number of hydrogen-bond acceptors (Lipinski definition) is 6. The van der Waals surface area contributed by atoms with Crippen LogP contribution in [0, 0.1) is 17.2 Å². The maximum absolute atomic E-state index is 13.1. The molecule has 0 bridgehead atoms. The molecule has 1 amide bonds. The molecule has 1 aromatic heterocycles. The number of piperazine rings is 1. The Morgan fingerprint density at radius 2 is 1.77 bits per heavy atom. The molecule has 1 atom stereocenters. The van der Waals surface area contributed by atoms with Gasteiger partial charge in [-0.3, -0.25) is 4.79 Å². The predicted octanol–water partition coefficient (Wildman–Crippen LogP) is 1.70. The number of carbonyl (C=O) groups is 1. The van der Waals surface area contributed by atoms with Gasteiger partial charge in [0.15, 0.2) is 0 Å². The van der Waals surface area contributed by atoms with E-state index in [0.29, 0.717) is 56.9 Å². The molecule has 162 valence electrons. The van der Waals surface area contributed by atoms with Crippen LogP contribution < -0.4 is 4.90 Å². The van der Waals surface area contributed by atoms with Crippen molar-refractivity contribution in [3.63, 3.8) is 0 Å². The second-order valence-corrected chi connectivity index (χ2v) is 9.75. The summed E-state index contributed by atoms with van der Waals surface area (Å²) >= 11 is 0. The maximum Gasteiger partial charge on any atom is 0.243 e. The smallest absolute Gasteiger partial charge is 0.243 e. The minimum atomic E-state index is -3.60. The number of rotatable bonds is 4. The van der Waals surface area contributed by atoms with E-state index in [1.807, 2.05) is 9.80 Å². The Balaban J connectivity index is 1.40. The summed E-state index contributed by atoms with van der Waals surface area (Å²) in [5.41, 5.74) is 0.524. The van der Waals surface area contributed by atoms with Crippen molar-refractivity contribution >= 4 is 21.7 Å². The molecule has 3 heterocycles. The Morgan fingerprint density at radius 1 is 1.03 bits per heavy atom. The SMILES string of the molecule is N#Cc1cccnc1N1CCN(C(=O)C2CCCN(S(=O)(=O)c3ccccc3)C2)CC1. The van der Waals surface area contributed by atoms with Gasteiger partial charge < -0.3 is 9.80 Å². The van der Waals surface area contributed by atoms with E-state index < -0.39 is 10.0 Å². The standard InChI is InChI=1S/C22H25N5O3S/c23-16-18-6-4-10-24-21(18)25-12-14-26(15-13-25)22(28)19-7-5-11-27(17-19)31(29,30)20-8-2-1-3-9-20/h1-4,6,8-10,19H,5,7,11-15,17H2. The summed E-state index contributed by atoms with van der Waals surface area (Å²) in [6.45, 7) is 2.90. The minimum Gasteiger partial charge on any atom is -0.352 e. The fraction of sp³-hybridized carbons (Fsp3) is 0.409. The zero-order chi connectivity index (χ0) is 21.8. The molecule has 1 aromatic carbocycles. The molecule has 8 nitrogen and oxygen atoms in total. The monoisotopic (exact) mass is 439 g/mol. The van der Waals surface area contributed by atoms with Crippen LogP contribution in [0.1, 0.15) is 18.4 Å². The first kappa shape index (κ1) is 21.3. The largest absolute Gasteiger partial charge is 0.352 e. The van der Waals surface area contributed by atoms with Crippen molar-refractivity contribution in [3.8, 4) is 6.07 Å². The van der Waals surface area contributed by atoms with Crippen LogP contribution in [0.25, 0.3) is 0 Å². The first-order valence-corrected chi connectivity index (χ1v) is 11.9. The van der Waals surface area contributed by atoms with Gasteiger partial charge in [-0.1, -0.05) is 18.2 Å². The van der Waals surface area contributed by atoms with Crippen LogP contribution in [-0.4, -0.2) is 67.8 Å². The third-order valence-electron chi connectivity index (χ3n) is 5.91. The Bertz CT molecular complexity index is 1080. The molecule has 9 heteroatoms. The van der Waals surface area contributed by atoms with Crippen molar-refractivity contribution in [2.45, 2.75) is 17.7 Å². The van der Waals surface area contributed by atoms with Crippen LogP contribution in [0.4, 0.5) is 5.82 Å². The van der Waals surface area contributed by atoms with E-state index in [0.717, 1.165) is 0 Å². The molecule has 0 radical (unpaired) electrons. The summed E-state index contributed by atoms with van der Waals surface area (Å²) in [5.74, 6) is 0.326. The molecule has 2 saturated heterocycles. The average Bonchev–Trinajstić information content (AvgIpc) is 2.84. The summed E-state index contributed by atoms with van der Waals surface area (Å²) in [7, 11) is -3.60.